The van der Waals surface area contributed by atoms with Crippen LogP contribution in [0.3, 0.4) is 0 Å². The van der Waals surface area contributed by atoms with E-state index in [4.69, 9.17) is 27.3 Å². The Hall–Kier alpha value is -3.50. The average Bonchev–Trinajstić information content (AvgIpc) is 2.62. The zero-order chi connectivity index (χ0) is 19.1. The summed E-state index contributed by atoms with van der Waals surface area (Å²) in [5.74, 6) is -0.708. The van der Waals surface area contributed by atoms with E-state index in [1.165, 1.54) is 25.3 Å². The molecule has 2 rings (SSSR count). The molecule has 0 saturated carbocycles. The van der Waals surface area contributed by atoms with Gasteiger partial charge in [-0.2, -0.15) is 5.26 Å². The highest BCUT2D eigenvalue weighted by Gasteiger charge is 2.12. The Kier molecular flexibility index (Phi) is 6.20. The van der Waals surface area contributed by atoms with Crippen molar-refractivity contribution in [1.29, 1.82) is 5.26 Å². The van der Waals surface area contributed by atoms with Gasteiger partial charge >= 0.3 is 0 Å². The highest BCUT2D eigenvalue weighted by atomic mass is 35.5. The van der Waals surface area contributed by atoms with Gasteiger partial charge in [-0.3, -0.25) is 9.59 Å². The molecule has 0 saturated heterocycles. The highest BCUT2D eigenvalue weighted by Crippen LogP contribution is 2.27. The standard InChI is InChI=1S/C18H15ClN4O3/c1-26-16-7-6-14(8-15(16)19)23-18(25)12(9-20)10-22-17(24)11-2-4-13(21)5-3-11/h2-8,10H,21H2,1H3,(H,22,24)(H,23,25)/b12-10-. The number of nitrogens with two attached hydrogens (primary N) is 1. The van der Waals surface area contributed by atoms with Crippen molar-refractivity contribution in [3.63, 3.8) is 0 Å². The van der Waals surface area contributed by atoms with Crippen LogP contribution >= 0.6 is 11.6 Å². The van der Waals surface area contributed by atoms with Gasteiger partial charge in [-0.1, -0.05) is 11.6 Å². The second-order valence-corrected chi connectivity index (χ2v) is 5.48. The summed E-state index contributed by atoms with van der Waals surface area (Å²) in [6.45, 7) is 0. The zero-order valence-electron chi connectivity index (χ0n) is 13.7. The number of benzene rings is 2. The zero-order valence-corrected chi connectivity index (χ0v) is 14.5. The van der Waals surface area contributed by atoms with Crippen molar-refractivity contribution in [2.45, 2.75) is 0 Å². The van der Waals surface area contributed by atoms with Crippen LogP contribution in [0, 0.1) is 11.3 Å². The van der Waals surface area contributed by atoms with Crippen LogP contribution in [0.25, 0.3) is 0 Å². The number of nitrogens with one attached hydrogen (secondary N) is 2. The van der Waals surface area contributed by atoms with E-state index in [-0.39, 0.29) is 5.57 Å². The van der Waals surface area contributed by atoms with Crippen molar-refractivity contribution < 1.29 is 14.3 Å². The van der Waals surface area contributed by atoms with Gasteiger partial charge in [0.1, 0.15) is 17.4 Å². The summed E-state index contributed by atoms with van der Waals surface area (Å²) in [5.41, 5.74) is 6.52. The number of hydrogen-bond acceptors (Lipinski definition) is 5. The molecule has 7 nitrogen and oxygen atoms in total. The molecule has 0 atom stereocenters. The van der Waals surface area contributed by atoms with Crippen LogP contribution in [0.15, 0.2) is 54.2 Å². The van der Waals surface area contributed by atoms with Crippen molar-refractivity contribution in [3.8, 4) is 11.8 Å². The number of ether oxygens (including phenoxy) is 1. The van der Waals surface area contributed by atoms with E-state index in [2.05, 4.69) is 10.6 Å². The Morgan fingerprint density at radius 3 is 2.50 bits per heavy atom. The molecule has 0 bridgehead atoms. The monoisotopic (exact) mass is 370 g/mol. The normalized spacial score (nSPS) is 10.6. The Bertz CT molecular complexity index is 902. The first-order chi connectivity index (χ1) is 12.4. The van der Waals surface area contributed by atoms with E-state index in [0.717, 1.165) is 6.20 Å². The fraction of sp³-hybridized carbons (Fsp3) is 0.0556. The third-order valence-corrected chi connectivity index (χ3v) is 3.59. The van der Waals surface area contributed by atoms with Gasteiger partial charge in [0, 0.05) is 23.1 Å². The quantitative estimate of drug-likeness (QED) is 0.425. The van der Waals surface area contributed by atoms with Crippen LogP contribution in [0.2, 0.25) is 5.02 Å². The molecule has 0 fully saturated rings. The van der Waals surface area contributed by atoms with Gasteiger partial charge in [-0.05, 0) is 42.5 Å². The molecule has 8 heteroatoms. The molecule has 0 spiro atoms. The minimum absolute atomic E-state index is 0.277. The minimum atomic E-state index is -0.689. The van der Waals surface area contributed by atoms with Gasteiger partial charge in [-0.15, -0.1) is 0 Å². The minimum Gasteiger partial charge on any atom is -0.495 e. The third kappa shape index (κ3) is 4.75. The second kappa shape index (κ2) is 8.55. The van der Waals surface area contributed by atoms with Gasteiger partial charge in [0.25, 0.3) is 11.8 Å². The summed E-state index contributed by atoms with van der Waals surface area (Å²) >= 11 is 5.99. The Morgan fingerprint density at radius 2 is 1.92 bits per heavy atom. The number of nitrogen functional groups attached to an aromatic ring is 1. The lowest BCUT2D eigenvalue weighted by molar-refractivity contribution is -0.112. The molecule has 2 amide bonds. The van der Waals surface area contributed by atoms with Crippen molar-refractivity contribution >= 4 is 34.8 Å². The Labute approximate surface area is 155 Å². The molecular weight excluding hydrogens is 356 g/mol. The number of halogens is 1. The highest BCUT2D eigenvalue weighted by molar-refractivity contribution is 6.32. The number of hydrogen-bond donors (Lipinski definition) is 3. The predicted octanol–water partition coefficient (Wildman–Crippen LogP) is 2.71. The van der Waals surface area contributed by atoms with Gasteiger partial charge in [0.2, 0.25) is 0 Å². The smallest absolute Gasteiger partial charge is 0.267 e. The number of carbonyl (C=O) groups is 2. The van der Waals surface area contributed by atoms with Gasteiger partial charge in [-0.25, -0.2) is 0 Å². The SMILES string of the molecule is COc1ccc(NC(=O)/C(C#N)=C\NC(=O)c2ccc(N)cc2)cc1Cl. The van der Waals surface area contributed by atoms with Gasteiger partial charge in [0.05, 0.1) is 12.1 Å². The van der Waals surface area contributed by atoms with E-state index in [1.54, 1.807) is 30.3 Å². The third-order valence-electron chi connectivity index (χ3n) is 3.30. The summed E-state index contributed by atoms with van der Waals surface area (Å²) in [5, 5.41) is 14.4. The number of nitriles is 1. The lowest BCUT2D eigenvalue weighted by atomic mass is 10.2. The lowest BCUT2D eigenvalue weighted by Crippen LogP contribution is -2.21. The number of amides is 2. The number of rotatable bonds is 5. The van der Waals surface area contributed by atoms with E-state index in [0.29, 0.717) is 27.7 Å². The van der Waals surface area contributed by atoms with Crippen LogP contribution in [0.1, 0.15) is 10.4 Å². The van der Waals surface area contributed by atoms with Crippen molar-refractivity contribution in [2.24, 2.45) is 0 Å². The van der Waals surface area contributed by atoms with E-state index >= 15 is 0 Å². The molecule has 0 unspecified atom stereocenters. The molecular formula is C18H15ClN4O3. The second-order valence-electron chi connectivity index (χ2n) is 5.07. The number of methoxy groups -OCH3 is 1. The van der Waals surface area contributed by atoms with Crippen molar-refractivity contribution in [1.82, 2.24) is 5.32 Å². The van der Waals surface area contributed by atoms with Gasteiger partial charge < -0.3 is 21.1 Å². The van der Waals surface area contributed by atoms with Crippen molar-refractivity contribution in [3.05, 3.63) is 64.8 Å². The van der Waals surface area contributed by atoms with E-state index < -0.39 is 11.8 Å². The number of nitrogens with zero attached hydrogens (tertiary/aromatic N) is 1. The van der Waals surface area contributed by atoms with Crippen LogP contribution in [-0.2, 0) is 4.79 Å². The van der Waals surface area contributed by atoms with Crippen LogP contribution in [-0.4, -0.2) is 18.9 Å². The lowest BCUT2D eigenvalue weighted by Gasteiger charge is -2.08. The molecule has 0 heterocycles. The molecule has 26 heavy (non-hydrogen) atoms. The molecule has 132 valence electrons. The first-order valence-corrected chi connectivity index (χ1v) is 7.74. The van der Waals surface area contributed by atoms with E-state index in [1.807, 2.05) is 0 Å². The summed E-state index contributed by atoms with van der Waals surface area (Å²) in [6.07, 6.45) is 1.04. The summed E-state index contributed by atoms with van der Waals surface area (Å²) in [7, 11) is 1.47. The molecule has 0 aliphatic carbocycles. The van der Waals surface area contributed by atoms with E-state index in [9.17, 15) is 9.59 Å². The largest absolute Gasteiger partial charge is 0.495 e. The average molecular weight is 371 g/mol. The predicted molar refractivity (Wildman–Crippen MR) is 98.7 cm³/mol. The molecule has 0 aromatic heterocycles. The first kappa shape index (κ1) is 18.8. The molecule has 4 N–H and O–H groups in total. The Balaban J connectivity index is 2.07. The molecule has 2 aromatic carbocycles. The fourth-order valence-electron chi connectivity index (χ4n) is 1.95. The number of anilines is 2. The fourth-order valence-corrected chi connectivity index (χ4v) is 2.20. The summed E-state index contributed by atoms with van der Waals surface area (Å²) in [6, 6.07) is 12.6. The first-order valence-electron chi connectivity index (χ1n) is 7.36. The maximum absolute atomic E-state index is 12.2. The Morgan fingerprint density at radius 1 is 1.23 bits per heavy atom. The maximum atomic E-state index is 12.2. The van der Waals surface area contributed by atoms with Crippen LogP contribution in [0.5, 0.6) is 5.75 Å². The maximum Gasteiger partial charge on any atom is 0.267 e. The summed E-state index contributed by atoms with van der Waals surface area (Å²) in [4.78, 5) is 24.2. The molecule has 0 aliphatic rings. The molecule has 0 aliphatic heterocycles. The van der Waals surface area contributed by atoms with Crippen LogP contribution < -0.4 is 21.1 Å². The van der Waals surface area contributed by atoms with Crippen LogP contribution in [0.4, 0.5) is 11.4 Å². The number of carbonyl (C=O) groups excluding carboxylic acids is 2. The topological polar surface area (TPSA) is 117 Å². The molecule has 2 aromatic rings. The van der Waals surface area contributed by atoms with Gasteiger partial charge in [0.15, 0.2) is 0 Å². The molecule has 0 radical (unpaired) electrons. The summed E-state index contributed by atoms with van der Waals surface area (Å²) < 4.78 is 5.02. The van der Waals surface area contributed by atoms with Crippen molar-refractivity contribution in [2.75, 3.05) is 18.2 Å².